The molecule has 0 saturated carbocycles. The molecule has 3 amide bonds. The van der Waals surface area contributed by atoms with E-state index in [1.54, 1.807) is 48.5 Å². The molecule has 1 aliphatic heterocycles. The number of carboxylic acids is 1. The summed E-state index contributed by atoms with van der Waals surface area (Å²) in [6.45, 7) is 2.75. The third kappa shape index (κ3) is 6.95. The molecule has 1 atom stereocenters. The van der Waals surface area contributed by atoms with E-state index in [1.165, 1.54) is 16.7 Å². The number of carboxylic acid groups (broad SMARTS) is 1. The van der Waals surface area contributed by atoms with Gasteiger partial charge in [-0.25, -0.2) is 9.69 Å². The third-order valence-corrected chi connectivity index (χ3v) is 6.15. The maximum absolute atomic E-state index is 13.0. The predicted octanol–water partition coefficient (Wildman–Crippen LogP) is 4.26. The Morgan fingerprint density at radius 1 is 1.15 bits per heavy atom. The van der Waals surface area contributed by atoms with Crippen molar-refractivity contribution in [2.24, 2.45) is 0 Å². The minimum absolute atomic E-state index is 0.0662. The van der Waals surface area contributed by atoms with Gasteiger partial charge in [-0.3, -0.25) is 14.4 Å². The van der Waals surface area contributed by atoms with E-state index in [2.05, 4.69) is 12.2 Å². The summed E-state index contributed by atoms with van der Waals surface area (Å²) in [4.78, 5) is 49.8. The van der Waals surface area contributed by atoms with Gasteiger partial charge in [0, 0.05) is 29.2 Å². The topological polar surface area (TPSA) is 113 Å². The van der Waals surface area contributed by atoms with E-state index in [0.29, 0.717) is 28.6 Å². The van der Waals surface area contributed by atoms with Crippen LogP contribution < -0.4 is 15.0 Å². The van der Waals surface area contributed by atoms with E-state index in [-0.39, 0.29) is 18.2 Å². The summed E-state index contributed by atoms with van der Waals surface area (Å²) >= 11 is 1.24. The summed E-state index contributed by atoms with van der Waals surface area (Å²) in [5.41, 5.74) is 0.957. The zero-order chi connectivity index (χ0) is 24.5. The number of hydrogen-bond donors (Lipinski definition) is 2. The summed E-state index contributed by atoms with van der Waals surface area (Å²) in [7, 11) is 0. The van der Waals surface area contributed by atoms with Crippen molar-refractivity contribution in [2.75, 3.05) is 16.8 Å². The van der Waals surface area contributed by atoms with E-state index in [1.807, 2.05) is 0 Å². The maximum Gasteiger partial charge on any atom is 0.328 e. The van der Waals surface area contributed by atoms with Crippen molar-refractivity contribution in [3.8, 4) is 5.75 Å². The number of carbonyl (C=O) groups excluding carboxylic acids is 3. The Hall–Kier alpha value is -3.59. The van der Waals surface area contributed by atoms with Crippen LogP contribution in [0.5, 0.6) is 5.75 Å². The number of nitrogens with zero attached hydrogens (tertiary/aromatic N) is 1. The van der Waals surface area contributed by atoms with Gasteiger partial charge >= 0.3 is 5.97 Å². The standard InChI is InChI=1S/C25H26N2O6S/c1-2-3-4-14-33-19-10-8-18(9-11-19)27-23(29)16-21(25(27)32)34-20-7-5-6-17(15-20)26-22(28)12-13-24(30)31/h5-13,15,21H,2-4,14,16H2,1H3,(H,26,28)(H,30,31)/b13-12+. The van der Waals surface area contributed by atoms with Crippen molar-refractivity contribution in [1.82, 2.24) is 0 Å². The zero-order valence-corrected chi connectivity index (χ0v) is 19.5. The summed E-state index contributed by atoms with van der Waals surface area (Å²) < 4.78 is 5.69. The summed E-state index contributed by atoms with van der Waals surface area (Å²) in [6.07, 6.45) is 4.92. The van der Waals surface area contributed by atoms with Crippen molar-refractivity contribution in [1.29, 1.82) is 0 Å². The molecule has 178 valence electrons. The number of ether oxygens (including phenoxy) is 1. The Labute approximate surface area is 202 Å². The second kappa shape index (κ2) is 12.0. The molecule has 1 fully saturated rings. The molecule has 1 unspecified atom stereocenters. The summed E-state index contributed by atoms with van der Waals surface area (Å²) in [5, 5.41) is 10.6. The lowest BCUT2D eigenvalue weighted by molar-refractivity contribution is -0.131. The van der Waals surface area contributed by atoms with Gasteiger partial charge in [0.2, 0.25) is 17.7 Å². The fourth-order valence-corrected chi connectivity index (χ4v) is 4.46. The molecule has 1 saturated heterocycles. The van der Waals surface area contributed by atoms with Crippen molar-refractivity contribution >= 4 is 46.8 Å². The number of rotatable bonds is 11. The van der Waals surface area contributed by atoms with Crippen molar-refractivity contribution in [3.63, 3.8) is 0 Å². The van der Waals surface area contributed by atoms with Crippen LogP contribution in [0.2, 0.25) is 0 Å². The number of amides is 3. The van der Waals surface area contributed by atoms with Crippen molar-refractivity contribution in [3.05, 3.63) is 60.7 Å². The third-order valence-electron chi connectivity index (χ3n) is 4.97. The van der Waals surface area contributed by atoms with Gasteiger partial charge in [0.25, 0.3) is 0 Å². The Morgan fingerprint density at radius 2 is 1.91 bits per heavy atom. The molecule has 1 heterocycles. The lowest BCUT2D eigenvalue weighted by Crippen LogP contribution is -2.31. The summed E-state index contributed by atoms with van der Waals surface area (Å²) in [6, 6.07) is 13.7. The Kier molecular flexibility index (Phi) is 8.86. The molecule has 3 rings (SSSR count). The number of carbonyl (C=O) groups is 4. The highest BCUT2D eigenvalue weighted by Gasteiger charge is 2.40. The van der Waals surface area contributed by atoms with Gasteiger partial charge in [0.05, 0.1) is 17.5 Å². The Bertz CT molecular complexity index is 1080. The molecule has 0 spiro atoms. The van der Waals surface area contributed by atoms with Gasteiger partial charge in [0.15, 0.2) is 0 Å². The number of anilines is 2. The number of unbranched alkanes of at least 4 members (excludes halogenated alkanes) is 2. The van der Waals surface area contributed by atoms with Crippen LogP contribution >= 0.6 is 11.8 Å². The van der Waals surface area contributed by atoms with E-state index in [4.69, 9.17) is 9.84 Å². The van der Waals surface area contributed by atoms with Gasteiger partial charge in [0.1, 0.15) is 5.75 Å². The normalized spacial score (nSPS) is 15.7. The highest BCUT2D eigenvalue weighted by atomic mass is 32.2. The van der Waals surface area contributed by atoms with E-state index in [0.717, 1.165) is 31.4 Å². The molecular formula is C25H26N2O6S. The number of imide groups is 1. The molecule has 2 aromatic rings. The first-order valence-electron chi connectivity index (χ1n) is 11.0. The van der Waals surface area contributed by atoms with Crippen LogP contribution in [0.15, 0.2) is 65.6 Å². The molecule has 34 heavy (non-hydrogen) atoms. The summed E-state index contributed by atoms with van der Waals surface area (Å²) in [5.74, 6) is -1.68. The molecule has 0 bridgehead atoms. The highest BCUT2D eigenvalue weighted by Crippen LogP contribution is 2.35. The quantitative estimate of drug-likeness (QED) is 0.279. The van der Waals surface area contributed by atoms with Gasteiger partial charge in [-0.05, 0) is 48.9 Å². The first-order valence-corrected chi connectivity index (χ1v) is 11.8. The first kappa shape index (κ1) is 25.0. The second-order valence-electron chi connectivity index (χ2n) is 7.62. The molecule has 0 radical (unpaired) electrons. The number of nitrogens with one attached hydrogen (secondary N) is 1. The van der Waals surface area contributed by atoms with Crippen molar-refractivity contribution < 1.29 is 29.0 Å². The van der Waals surface area contributed by atoms with Gasteiger partial charge < -0.3 is 15.2 Å². The molecule has 1 aliphatic rings. The number of benzene rings is 2. The van der Waals surface area contributed by atoms with E-state index < -0.39 is 17.1 Å². The number of thioether (sulfide) groups is 1. The van der Waals surface area contributed by atoms with Crippen LogP contribution in [0.1, 0.15) is 32.6 Å². The second-order valence-corrected chi connectivity index (χ2v) is 8.89. The maximum atomic E-state index is 13.0. The Balaban J connectivity index is 1.61. The van der Waals surface area contributed by atoms with Crippen LogP contribution in [0.25, 0.3) is 0 Å². The van der Waals surface area contributed by atoms with E-state index in [9.17, 15) is 19.2 Å². The molecular weight excluding hydrogens is 456 g/mol. The lowest BCUT2D eigenvalue weighted by Gasteiger charge is -2.16. The van der Waals surface area contributed by atoms with Crippen molar-refractivity contribution in [2.45, 2.75) is 42.8 Å². The molecule has 0 aliphatic carbocycles. The van der Waals surface area contributed by atoms with Gasteiger partial charge in [-0.1, -0.05) is 25.8 Å². The monoisotopic (exact) mass is 482 g/mol. The van der Waals surface area contributed by atoms with E-state index >= 15 is 0 Å². The molecule has 9 heteroatoms. The molecule has 8 nitrogen and oxygen atoms in total. The number of hydrogen-bond acceptors (Lipinski definition) is 6. The Morgan fingerprint density at radius 3 is 2.62 bits per heavy atom. The largest absolute Gasteiger partial charge is 0.494 e. The molecule has 0 aromatic heterocycles. The fraction of sp³-hybridized carbons (Fsp3) is 0.280. The smallest absolute Gasteiger partial charge is 0.328 e. The molecule has 2 aromatic carbocycles. The van der Waals surface area contributed by atoms with Crippen LogP contribution in [-0.4, -0.2) is 40.7 Å². The van der Waals surface area contributed by atoms with Gasteiger partial charge in [-0.15, -0.1) is 11.8 Å². The van der Waals surface area contributed by atoms with Crippen LogP contribution in [0.3, 0.4) is 0 Å². The van der Waals surface area contributed by atoms with Crippen LogP contribution in [0.4, 0.5) is 11.4 Å². The minimum atomic E-state index is -1.22. The average molecular weight is 483 g/mol. The predicted molar refractivity (Wildman–Crippen MR) is 130 cm³/mol. The highest BCUT2D eigenvalue weighted by molar-refractivity contribution is 8.00. The molecule has 2 N–H and O–H groups in total. The lowest BCUT2D eigenvalue weighted by atomic mass is 10.2. The van der Waals surface area contributed by atoms with Gasteiger partial charge in [-0.2, -0.15) is 0 Å². The van der Waals surface area contributed by atoms with Crippen LogP contribution in [0, 0.1) is 0 Å². The minimum Gasteiger partial charge on any atom is -0.494 e. The number of aliphatic carboxylic acids is 1. The fourth-order valence-electron chi connectivity index (χ4n) is 3.34. The van der Waals surface area contributed by atoms with Crippen LogP contribution in [-0.2, 0) is 19.2 Å². The average Bonchev–Trinajstić information content (AvgIpc) is 3.08. The first-order chi connectivity index (χ1) is 16.4. The zero-order valence-electron chi connectivity index (χ0n) is 18.7. The SMILES string of the molecule is CCCCCOc1ccc(N2C(=O)CC(Sc3cccc(NC(=O)/C=C/C(=O)O)c3)C2=O)cc1.